The van der Waals surface area contributed by atoms with Gasteiger partial charge >= 0.3 is 0 Å². The number of ether oxygens (including phenoxy) is 2. The van der Waals surface area contributed by atoms with Crippen LogP contribution in [-0.4, -0.2) is 41.2 Å². The molecule has 1 saturated heterocycles. The quantitative estimate of drug-likeness (QED) is 0.868. The number of piperidine rings is 1. The molecule has 1 aromatic heterocycles. The first-order valence-electron chi connectivity index (χ1n) is 8.67. The van der Waals surface area contributed by atoms with Gasteiger partial charge in [-0.3, -0.25) is 14.9 Å². The van der Waals surface area contributed by atoms with Crippen molar-refractivity contribution in [1.82, 2.24) is 14.9 Å². The maximum absolute atomic E-state index is 5.70. The molecule has 1 unspecified atom stereocenters. The minimum absolute atomic E-state index is 0.475. The van der Waals surface area contributed by atoms with E-state index in [2.05, 4.69) is 27.0 Å². The van der Waals surface area contributed by atoms with Crippen molar-refractivity contribution in [2.75, 3.05) is 26.3 Å². The van der Waals surface area contributed by atoms with E-state index in [1.54, 1.807) is 0 Å². The Balaban J connectivity index is 1.45. The molecular weight excluding hydrogens is 302 g/mol. The third kappa shape index (κ3) is 3.36. The molecule has 1 fully saturated rings. The van der Waals surface area contributed by atoms with Gasteiger partial charge in [-0.2, -0.15) is 0 Å². The largest absolute Gasteiger partial charge is 0.486 e. The number of hydrogen-bond acceptors (Lipinski definition) is 5. The lowest BCUT2D eigenvalue weighted by molar-refractivity contribution is 0.170. The van der Waals surface area contributed by atoms with Crippen molar-refractivity contribution in [3.8, 4) is 11.5 Å². The highest BCUT2D eigenvalue weighted by molar-refractivity contribution is 5.43. The first-order valence-corrected chi connectivity index (χ1v) is 8.67. The standard InChI is InChI=1S/C19H23N3O2/c1-14-10-20-11-17(21-14)16-3-2-6-22(13-16)12-15-4-5-18-19(9-15)24-8-7-23-18/h4-5,9-11,16H,2-3,6-8,12-13H2,1H3. The zero-order chi connectivity index (χ0) is 16.4. The molecule has 5 heteroatoms. The van der Waals surface area contributed by atoms with E-state index in [1.165, 1.54) is 18.4 Å². The Morgan fingerprint density at radius 3 is 2.92 bits per heavy atom. The van der Waals surface area contributed by atoms with Crippen LogP contribution in [0.2, 0.25) is 0 Å². The van der Waals surface area contributed by atoms with Gasteiger partial charge in [-0.05, 0) is 44.0 Å². The summed E-state index contributed by atoms with van der Waals surface area (Å²) >= 11 is 0. The first-order chi connectivity index (χ1) is 11.8. The minimum atomic E-state index is 0.475. The van der Waals surface area contributed by atoms with Gasteiger partial charge in [0, 0.05) is 31.4 Å². The van der Waals surface area contributed by atoms with Crippen LogP contribution in [0.25, 0.3) is 0 Å². The molecule has 1 atom stereocenters. The number of hydrogen-bond donors (Lipinski definition) is 0. The fraction of sp³-hybridized carbons (Fsp3) is 0.474. The number of likely N-dealkylation sites (tertiary alicyclic amines) is 1. The number of fused-ring (bicyclic) bond motifs is 1. The fourth-order valence-corrected chi connectivity index (χ4v) is 3.56. The zero-order valence-electron chi connectivity index (χ0n) is 14.1. The lowest BCUT2D eigenvalue weighted by Crippen LogP contribution is -2.34. The zero-order valence-corrected chi connectivity index (χ0v) is 14.1. The maximum Gasteiger partial charge on any atom is 0.161 e. The second-order valence-electron chi connectivity index (χ2n) is 6.64. The average molecular weight is 325 g/mol. The summed E-state index contributed by atoms with van der Waals surface area (Å²) in [5.74, 6) is 2.21. The Labute approximate surface area is 142 Å². The monoisotopic (exact) mass is 325 g/mol. The number of aryl methyl sites for hydroxylation is 1. The molecule has 2 aliphatic heterocycles. The normalized spacial score (nSPS) is 20.8. The van der Waals surface area contributed by atoms with Crippen LogP contribution in [0, 0.1) is 6.92 Å². The van der Waals surface area contributed by atoms with Crippen LogP contribution in [0.3, 0.4) is 0 Å². The van der Waals surface area contributed by atoms with Crippen molar-refractivity contribution in [3.05, 3.63) is 47.5 Å². The van der Waals surface area contributed by atoms with E-state index in [0.717, 1.165) is 42.5 Å². The maximum atomic E-state index is 5.70. The molecule has 24 heavy (non-hydrogen) atoms. The first kappa shape index (κ1) is 15.4. The van der Waals surface area contributed by atoms with Crippen LogP contribution < -0.4 is 9.47 Å². The Morgan fingerprint density at radius 1 is 1.17 bits per heavy atom. The molecule has 126 valence electrons. The molecule has 0 radical (unpaired) electrons. The van der Waals surface area contributed by atoms with E-state index in [0.29, 0.717) is 19.1 Å². The highest BCUT2D eigenvalue weighted by Gasteiger charge is 2.23. The predicted octanol–water partition coefficient (Wildman–Crippen LogP) is 2.94. The third-order valence-electron chi connectivity index (χ3n) is 4.71. The van der Waals surface area contributed by atoms with Gasteiger partial charge in [0.15, 0.2) is 11.5 Å². The Morgan fingerprint density at radius 2 is 2.04 bits per heavy atom. The van der Waals surface area contributed by atoms with Crippen molar-refractivity contribution >= 4 is 0 Å². The summed E-state index contributed by atoms with van der Waals surface area (Å²) in [5, 5.41) is 0. The smallest absolute Gasteiger partial charge is 0.161 e. The predicted molar refractivity (Wildman–Crippen MR) is 91.5 cm³/mol. The molecule has 0 bridgehead atoms. The van der Waals surface area contributed by atoms with E-state index < -0.39 is 0 Å². The molecule has 5 nitrogen and oxygen atoms in total. The van der Waals surface area contributed by atoms with Crippen molar-refractivity contribution in [2.45, 2.75) is 32.2 Å². The second-order valence-corrected chi connectivity index (χ2v) is 6.64. The summed E-state index contributed by atoms with van der Waals surface area (Å²) in [6.07, 6.45) is 6.13. The van der Waals surface area contributed by atoms with Crippen LogP contribution in [-0.2, 0) is 6.54 Å². The molecule has 4 rings (SSSR count). The number of aromatic nitrogens is 2. The molecule has 0 amide bonds. The molecule has 2 aromatic rings. The van der Waals surface area contributed by atoms with E-state index in [1.807, 2.05) is 25.4 Å². The van der Waals surface area contributed by atoms with E-state index in [4.69, 9.17) is 9.47 Å². The summed E-state index contributed by atoms with van der Waals surface area (Å²) in [5.41, 5.74) is 3.40. The molecular formula is C19H23N3O2. The molecule has 0 aliphatic carbocycles. The van der Waals surface area contributed by atoms with Gasteiger partial charge < -0.3 is 9.47 Å². The van der Waals surface area contributed by atoms with Crippen LogP contribution in [0.4, 0.5) is 0 Å². The summed E-state index contributed by atoms with van der Waals surface area (Å²) in [7, 11) is 0. The van der Waals surface area contributed by atoms with Gasteiger partial charge in [0.1, 0.15) is 13.2 Å². The number of rotatable bonds is 3. The Hall–Kier alpha value is -2.14. The average Bonchev–Trinajstić information content (AvgIpc) is 2.62. The molecule has 2 aliphatic rings. The Kier molecular flexibility index (Phi) is 4.34. The van der Waals surface area contributed by atoms with E-state index >= 15 is 0 Å². The van der Waals surface area contributed by atoms with E-state index in [-0.39, 0.29) is 0 Å². The molecule has 0 N–H and O–H groups in total. The number of nitrogens with zero attached hydrogens (tertiary/aromatic N) is 3. The SMILES string of the molecule is Cc1cncc(C2CCCN(Cc3ccc4c(c3)OCCO4)C2)n1. The van der Waals surface area contributed by atoms with E-state index in [9.17, 15) is 0 Å². The molecule has 3 heterocycles. The second kappa shape index (κ2) is 6.77. The molecule has 1 aromatic carbocycles. The summed E-state index contributed by atoms with van der Waals surface area (Å²) in [4.78, 5) is 11.5. The molecule has 0 saturated carbocycles. The third-order valence-corrected chi connectivity index (χ3v) is 4.71. The van der Waals surface area contributed by atoms with Gasteiger partial charge in [0.2, 0.25) is 0 Å². The fourth-order valence-electron chi connectivity index (χ4n) is 3.56. The lowest BCUT2D eigenvalue weighted by Gasteiger charge is -2.32. The van der Waals surface area contributed by atoms with Crippen molar-refractivity contribution in [1.29, 1.82) is 0 Å². The van der Waals surface area contributed by atoms with Gasteiger partial charge in [0.05, 0.1) is 11.4 Å². The highest BCUT2D eigenvalue weighted by Crippen LogP contribution is 2.32. The van der Waals surface area contributed by atoms with Crippen LogP contribution in [0.15, 0.2) is 30.6 Å². The van der Waals surface area contributed by atoms with Crippen molar-refractivity contribution in [3.63, 3.8) is 0 Å². The van der Waals surface area contributed by atoms with Gasteiger partial charge in [-0.1, -0.05) is 6.07 Å². The van der Waals surface area contributed by atoms with Gasteiger partial charge in [-0.25, -0.2) is 0 Å². The van der Waals surface area contributed by atoms with Crippen LogP contribution in [0.1, 0.15) is 35.7 Å². The van der Waals surface area contributed by atoms with Gasteiger partial charge in [0.25, 0.3) is 0 Å². The topological polar surface area (TPSA) is 47.5 Å². The molecule has 0 spiro atoms. The Bertz CT molecular complexity index is 720. The lowest BCUT2D eigenvalue weighted by atomic mass is 9.94. The van der Waals surface area contributed by atoms with Crippen LogP contribution in [0.5, 0.6) is 11.5 Å². The van der Waals surface area contributed by atoms with Gasteiger partial charge in [-0.15, -0.1) is 0 Å². The van der Waals surface area contributed by atoms with Crippen molar-refractivity contribution in [2.24, 2.45) is 0 Å². The minimum Gasteiger partial charge on any atom is -0.486 e. The highest BCUT2D eigenvalue weighted by atomic mass is 16.6. The summed E-state index contributed by atoms with van der Waals surface area (Å²) in [6.45, 7) is 6.38. The summed E-state index contributed by atoms with van der Waals surface area (Å²) in [6, 6.07) is 6.28. The summed E-state index contributed by atoms with van der Waals surface area (Å²) < 4.78 is 11.3. The van der Waals surface area contributed by atoms with Crippen molar-refractivity contribution < 1.29 is 9.47 Å². The number of benzene rings is 1. The van der Waals surface area contributed by atoms with Crippen LogP contribution >= 0.6 is 0 Å².